The van der Waals surface area contributed by atoms with Crippen LogP contribution in [0.25, 0.3) is 0 Å². The first-order valence-electron chi connectivity index (χ1n) is 5.30. The predicted molar refractivity (Wildman–Crippen MR) is 64.7 cm³/mol. The summed E-state index contributed by atoms with van der Waals surface area (Å²) in [6.45, 7) is 5.50. The highest BCUT2D eigenvalue weighted by Crippen LogP contribution is 2.30. The number of carboxylic acids is 1. The molecule has 0 aromatic carbocycles. The average molecular weight is 259 g/mol. The molecule has 7 heteroatoms. The molecule has 1 aromatic heterocycles. The van der Waals surface area contributed by atoms with Gasteiger partial charge in [0.05, 0.1) is 5.75 Å². The number of nitrogens with two attached hydrogens (primary N) is 1. The molecule has 0 spiro atoms. The first-order valence-corrected chi connectivity index (χ1v) is 6.29. The van der Waals surface area contributed by atoms with Gasteiger partial charge in [0.25, 0.3) is 0 Å². The van der Waals surface area contributed by atoms with Crippen molar-refractivity contribution in [3.63, 3.8) is 0 Å². The van der Waals surface area contributed by atoms with Gasteiger partial charge in [-0.05, 0) is 13.8 Å². The lowest BCUT2D eigenvalue weighted by Crippen LogP contribution is -2.46. The van der Waals surface area contributed by atoms with Gasteiger partial charge in [0.1, 0.15) is 6.04 Å². The van der Waals surface area contributed by atoms with Crippen LogP contribution in [-0.2, 0) is 17.0 Å². The fraction of sp³-hybridized carbons (Fsp3) is 0.700. The van der Waals surface area contributed by atoms with Crippen LogP contribution in [-0.4, -0.2) is 32.1 Å². The molecule has 6 nitrogen and oxygen atoms in total. The van der Waals surface area contributed by atoms with Crippen LogP contribution >= 0.6 is 11.8 Å². The Bertz CT molecular complexity index is 392. The van der Waals surface area contributed by atoms with E-state index in [1.54, 1.807) is 13.8 Å². The second-order valence-corrected chi connectivity index (χ2v) is 5.78. The van der Waals surface area contributed by atoms with Gasteiger partial charge in [0.2, 0.25) is 11.8 Å². The van der Waals surface area contributed by atoms with Crippen molar-refractivity contribution in [1.29, 1.82) is 0 Å². The molecule has 0 aliphatic heterocycles. The molecule has 1 rings (SSSR count). The number of rotatable bonds is 6. The second-order valence-electron chi connectivity index (χ2n) is 4.15. The van der Waals surface area contributed by atoms with E-state index < -0.39 is 16.8 Å². The van der Waals surface area contributed by atoms with Crippen LogP contribution in [0.2, 0.25) is 0 Å². The van der Waals surface area contributed by atoms with Gasteiger partial charge in [-0.25, -0.2) is 0 Å². The number of carboxylic acid groups (broad SMARTS) is 1. The lowest BCUT2D eigenvalue weighted by Gasteiger charge is -2.27. The number of carbonyl (C=O) groups is 1. The molecule has 0 amide bonds. The van der Waals surface area contributed by atoms with Gasteiger partial charge in [0, 0.05) is 11.2 Å². The number of thioether (sulfide) groups is 1. The van der Waals surface area contributed by atoms with E-state index in [9.17, 15) is 4.79 Å². The third-order valence-corrected chi connectivity index (χ3v) is 3.78. The molecular formula is C10H17N3O3S. The summed E-state index contributed by atoms with van der Waals surface area (Å²) in [5.41, 5.74) is 5.60. The van der Waals surface area contributed by atoms with E-state index in [1.165, 1.54) is 11.8 Å². The van der Waals surface area contributed by atoms with E-state index in [4.69, 9.17) is 15.3 Å². The van der Waals surface area contributed by atoms with Gasteiger partial charge < -0.3 is 15.3 Å². The van der Waals surface area contributed by atoms with Gasteiger partial charge in [-0.15, -0.1) is 22.0 Å². The lowest BCUT2D eigenvalue weighted by atomic mass is 10.1. The normalized spacial score (nSPS) is 13.6. The number of hydrogen-bond acceptors (Lipinski definition) is 6. The van der Waals surface area contributed by atoms with E-state index in [2.05, 4.69) is 10.2 Å². The van der Waals surface area contributed by atoms with Crippen LogP contribution in [0, 0.1) is 0 Å². The van der Waals surface area contributed by atoms with Crippen LogP contribution in [0.4, 0.5) is 0 Å². The van der Waals surface area contributed by atoms with Crippen molar-refractivity contribution < 1.29 is 14.3 Å². The zero-order chi connectivity index (χ0) is 13.1. The molecular weight excluding hydrogens is 242 g/mol. The highest BCUT2D eigenvalue weighted by atomic mass is 32.2. The molecule has 0 fully saturated rings. The number of aryl methyl sites for hydroxylation is 1. The molecule has 1 atom stereocenters. The van der Waals surface area contributed by atoms with Gasteiger partial charge in [0.15, 0.2) is 0 Å². The smallest absolute Gasteiger partial charge is 0.321 e. The Kier molecular flexibility index (Phi) is 4.53. The van der Waals surface area contributed by atoms with Crippen molar-refractivity contribution in [1.82, 2.24) is 10.2 Å². The van der Waals surface area contributed by atoms with Gasteiger partial charge in [-0.2, -0.15) is 0 Å². The van der Waals surface area contributed by atoms with Crippen LogP contribution < -0.4 is 5.73 Å². The first kappa shape index (κ1) is 14.0. The van der Waals surface area contributed by atoms with E-state index >= 15 is 0 Å². The van der Waals surface area contributed by atoms with Crippen LogP contribution in [0.3, 0.4) is 0 Å². The Labute approximate surface area is 104 Å². The fourth-order valence-corrected chi connectivity index (χ4v) is 2.02. The zero-order valence-corrected chi connectivity index (χ0v) is 11.0. The predicted octanol–water partition coefficient (Wildman–Crippen LogP) is 1.06. The van der Waals surface area contributed by atoms with Gasteiger partial charge >= 0.3 is 5.97 Å². The van der Waals surface area contributed by atoms with Crippen LogP contribution in [0.1, 0.15) is 32.6 Å². The summed E-state index contributed by atoms with van der Waals surface area (Å²) in [7, 11) is 0. The minimum Gasteiger partial charge on any atom is -0.480 e. The molecule has 0 aliphatic rings. The third kappa shape index (κ3) is 3.71. The second kappa shape index (κ2) is 5.50. The van der Waals surface area contributed by atoms with Crippen molar-refractivity contribution in [2.24, 2.45) is 5.73 Å². The summed E-state index contributed by atoms with van der Waals surface area (Å²) in [6, 6.07) is -0.930. The number of hydrogen-bond donors (Lipinski definition) is 2. The van der Waals surface area contributed by atoms with E-state index in [1.807, 2.05) is 6.92 Å². The molecule has 1 aromatic rings. The quantitative estimate of drug-likeness (QED) is 0.787. The maximum Gasteiger partial charge on any atom is 0.321 e. The highest BCUT2D eigenvalue weighted by molar-refractivity contribution is 7.99. The number of nitrogens with zero attached hydrogens (tertiary/aromatic N) is 2. The maximum atomic E-state index is 10.8. The number of aromatic nitrogens is 2. The van der Waals surface area contributed by atoms with Crippen molar-refractivity contribution in [2.45, 2.75) is 43.7 Å². The molecule has 0 aliphatic carbocycles. The summed E-state index contributed by atoms with van der Waals surface area (Å²) >= 11 is 1.39. The summed E-state index contributed by atoms with van der Waals surface area (Å²) in [5.74, 6) is 0.529. The van der Waals surface area contributed by atoms with Crippen LogP contribution in [0.15, 0.2) is 4.42 Å². The highest BCUT2D eigenvalue weighted by Gasteiger charge is 2.33. The minimum absolute atomic E-state index is 0.459. The van der Waals surface area contributed by atoms with E-state index in [0.717, 1.165) is 0 Å². The molecule has 1 heterocycles. The van der Waals surface area contributed by atoms with Crippen molar-refractivity contribution in [2.75, 3.05) is 0 Å². The zero-order valence-electron chi connectivity index (χ0n) is 10.1. The Morgan fingerprint density at radius 2 is 2.12 bits per heavy atom. The van der Waals surface area contributed by atoms with Crippen molar-refractivity contribution in [3.8, 4) is 0 Å². The summed E-state index contributed by atoms with van der Waals surface area (Å²) < 4.78 is 4.75. The first-order chi connectivity index (χ1) is 7.86. The lowest BCUT2D eigenvalue weighted by molar-refractivity contribution is -0.139. The van der Waals surface area contributed by atoms with Gasteiger partial charge in [-0.3, -0.25) is 4.79 Å². The molecule has 0 unspecified atom stereocenters. The molecule has 3 N–H and O–H groups in total. The largest absolute Gasteiger partial charge is 0.480 e. The van der Waals surface area contributed by atoms with E-state index in [-0.39, 0.29) is 0 Å². The fourth-order valence-electron chi connectivity index (χ4n) is 1.12. The Morgan fingerprint density at radius 3 is 2.59 bits per heavy atom. The Hall–Kier alpha value is -1.08. The van der Waals surface area contributed by atoms with Crippen molar-refractivity contribution >= 4 is 17.7 Å². The summed E-state index contributed by atoms with van der Waals surface area (Å²) in [6.07, 6.45) is 0.690. The molecule has 0 radical (unpaired) electrons. The summed E-state index contributed by atoms with van der Waals surface area (Å²) in [5, 5.41) is 16.6. The van der Waals surface area contributed by atoms with Gasteiger partial charge in [-0.1, -0.05) is 6.92 Å². The Morgan fingerprint density at radius 1 is 1.53 bits per heavy atom. The topological polar surface area (TPSA) is 102 Å². The molecule has 17 heavy (non-hydrogen) atoms. The number of aliphatic carboxylic acids is 1. The third-order valence-electron chi connectivity index (χ3n) is 2.39. The van der Waals surface area contributed by atoms with Crippen LogP contribution in [0.5, 0.6) is 0 Å². The average Bonchev–Trinajstić information content (AvgIpc) is 2.73. The monoisotopic (exact) mass is 259 g/mol. The summed E-state index contributed by atoms with van der Waals surface area (Å²) in [4.78, 5) is 10.8. The molecule has 0 bridgehead atoms. The standard InChI is InChI=1S/C10H17N3O3S/c1-4-6-12-13-7(16-6)5-17-10(2,3)8(11)9(14)15/h8H,4-5,11H2,1-3H3,(H,14,15)/t8-/m1/s1. The molecule has 0 saturated heterocycles. The van der Waals surface area contributed by atoms with E-state index in [0.29, 0.717) is 24.0 Å². The SMILES string of the molecule is CCc1nnc(CSC(C)(C)[C@H](N)C(=O)O)o1. The minimum atomic E-state index is -1.01. The maximum absolute atomic E-state index is 10.8. The van der Waals surface area contributed by atoms with Crippen molar-refractivity contribution in [3.05, 3.63) is 11.8 Å². The molecule has 0 saturated carbocycles. The molecule has 96 valence electrons. The Balaban J connectivity index is 2.57.